The van der Waals surface area contributed by atoms with Gasteiger partial charge >= 0.3 is 6.01 Å². The molecule has 0 unspecified atom stereocenters. The molecule has 21 heavy (non-hydrogen) atoms. The van der Waals surface area contributed by atoms with E-state index >= 15 is 0 Å². The minimum atomic E-state index is -0.503. The third-order valence-corrected chi connectivity index (χ3v) is 3.12. The van der Waals surface area contributed by atoms with E-state index in [9.17, 15) is 4.79 Å². The standard InChI is InChI=1S/C13H7Cl2N3O3/c14-7-3-4-9(15)8(6-7)11(19)16-13-18-17-12(21-13)10-2-1-5-20-10/h1-6H,(H,16,18,19). The molecule has 0 saturated heterocycles. The number of carbonyl (C=O) groups excluding carboxylic acids is 1. The molecule has 1 aromatic carbocycles. The smallest absolute Gasteiger partial charge is 0.322 e. The number of aromatic nitrogens is 2. The van der Waals surface area contributed by atoms with Crippen molar-refractivity contribution in [2.75, 3.05) is 5.32 Å². The van der Waals surface area contributed by atoms with Gasteiger partial charge in [0.05, 0.1) is 16.8 Å². The predicted molar refractivity (Wildman–Crippen MR) is 76.4 cm³/mol. The Bertz CT molecular complexity index is 784. The predicted octanol–water partition coefficient (Wildman–Crippen LogP) is 3.89. The summed E-state index contributed by atoms with van der Waals surface area (Å²) in [5.74, 6) is 0.0634. The summed E-state index contributed by atoms with van der Waals surface area (Å²) in [7, 11) is 0. The maximum atomic E-state index is 12.1. The van der Waals surface area contributed by atoms with E-state index in [1.54, 1.807) is 18.2 Å². The van der Waals surface area contributed by atoms with Crippen LogP contribution in [0.1, 0.15) is 10.4 Å². The fourth-order valence-electron chi connectivity index (χ4n) is 1.61. The highest BCUT2D eigenvalue weighted by Gasteiger charge is 2.16. The summed E-state index contributed by atoms with van der Waals surface area (Å²) in [5, 5.41) is 10.6. The number of benzene rings is 1. The number of anilines is 1. The topological polar surface area (TPSA) is 81.2 Å². The Kier molecular flexibility index (Phi) is 3.64. The zero-order valence-corrected chi connectivity index (χ0v) is 11.9. The van der Waals surface area contributed by atoms with Crippen molar-refractivity contribution in [3.63, 3.8) is 0 Å². The molecule has 6 nitrogen and oxygen atoms in total. The lowest BCUT2D eigenvalue weighted by Gasteiger charge is -2.03. The first kappa shape index (κ1) is 13.7. The van der Waals surface area contributed by atoms with Crippen LogP contribution < -0.4 is 5.32 Å². The molecule has 0 aliphatic heterocycles. The highest BCUT2D eigenvalue weighted by molar-refractivity contribution is 6.36. The molecule has 0 aliphatic rings. The molecule has 3 rings (SSSR count). The first-order valence-corrected chi connectivity index (χ1v) is 6.53. The van der Waals surface area contributed by atoms with Gasteiger partial charge in [-0.05, 0) is 30.3 Å². The molecule has 8 heteroatoms. The van der Waals surface area contributed by atoms with Crippen molar-refractivity contribution >= 4 is 35.1 Å². The second-order valence-electron chi connectivity index (χ2n) is 3.97. The van der Waals surface area contributed by atoms with Crippen LogP contribution in [0.5, 0.6) is 0 Å². The van der Waals surface area contributed by atoms with Gasteiger partial charge in [0.15, 0.2) is 5.76 Å². The summed E-state index contributed by atoms with van der Waals surface area (Å²) in [6.07, 6.45) is 1.48. The fourth-order valence-corrected chi connectivity index (χ4v) is 1.98. The Hall–Kier alpha value is -2.31. The van der Waals surface area contributed by atoms with Crippen molar-refractivity contribution < 1.29 is 13.6 Å². The molecule has 2 heterocycles. The van der Waals surface area contributed by atoms with Crippen molar-refractivity contribution in [2.45, 2.75) is 0 Å². The number of hydrogen-bond acceptors (Lipinski definition) is 5. The van der Waals surface area contributed by atoms with Gasteiger partial charge in [0, 0.05) is 5.02 Å². The van der Waals surface area contributed by atoms with Crippen LogP contribution in [-0.2, 0) is 0 Å². The van der Waals surface area contributed by atoms with Gasteiger partial charge in [0.25, 0.3) is 11.8 Å². The van der Waals surface area contributed by atoms with Gasteiger partial charge in [-0.25, -0.2) is 0 Å². The summed E-state index contributed by atoms with van der Waals surface area (Å²) in [4.78, 5) is 12.1. The van der Waals surface area contributed by atoms with Crippen LogP contribution in [0.15, 0.2) is 45.4 Å². The van der Waals surface area contributed by atoms with Crippen LogP contribution in [0.2, 0.25) is 10.0 Å². The normalized spacial score (nSPS) is 10.6. The molecule has 0 spiro atoms. The summed E-state index contributed by atoms with van der Waals surface area (Å²) < 4.78 is 10.4. The number of nitrogens with zero attached hydrogens (tertiary/aromatic N) is 2. The molecule has 2 aromatic heterocycles. The van der Waals surface area contributed by atoms with E-state index in [1.165, 1.54) is 18.4 Å². The monoisotopic (exact) mass is 323 g/mol. The Morgan fingerprint density at radius 1 is 1.19 bits per heavy atom. The SMILES string of the molecule is O=C(Nc1nnc(-c2ccco2)o1)c1cc(Cl)ccc1Cl. The van der Waals surface area contributed by atoms with Gasteiger partial charge in [-0.15, -0.1) is 5.10 Å². The number of furan rings is 1. The fraction of sp³-hybridized carbons (Fsp3) is 0. The summed E-state index contributed by atoms with van der Waals surface area (Å²) in [5.41, 5.74) is 0.210. The molecule has 0 aliphatic carbocycles. The van der Waals surface area contributed by atoms with E-state index in [0.717, 1.165) is 0 Å². The van der Waals surface area contributed by atoms with E-state index in [1.807, 2.05) is 0 Å². The van der Waals surface area contributed by atoms with Gasteiger partial charge in [-0.2, -0.15) is 0 Å². The third-order valence-electron chi connectivity index (χ3n) is 2.55. The lowest BCUT2D eigenvalue weighted by atomic mass is 10.2. The number of carbonyl (C=O) groups is 1. The lowest BCUT2D eigenvalue weighted by Crippen LogP contribution is -2.12. The van der Waals surface area contributed by atoms with Crippen LogP contribution in [0.25, 0.3) is 11.7 Å². The van der Waals surface area contributed by atoms with Crippen molar-refractivity contribution in [3.05, 3.63) is 52.2 Å². The quantitative estimate of drug-likeness (QED) is 0.790. The molecule has 3 aromatic rings. The molecule has 106 valence electrons. The van der Waals surface area contributed by atoms with E-state index in [0.29, 0.717) is 10.8 Å². The number of halogens is 2. The second kappa shape index (κ2) is 5.59. The van der Waals surface area contributed by atoms with Gasteiger partial charge in [0.2, 0.25) is 0 Å². The van der Waals surface area contributed by atoms with E-state index in [-0.39, 0.29) is 22.5 Å². The Labute approximate surface area is 128 Å². The largest absolute Gasteiger partial charge is 0.459 e. The van der Waals surface area contributed by atoms with E-state index in [4.69, 9.17) is 32.0 Å². The first-order valence-electron chi connectivity index (χ1n) is 5.77. The summed E-state index contributed by atoms with van der Waals surface area (Å²) >= 11 is 11.8. The molecule has 0 radical (unpaired) electrons. The van der Waals surface area contributed by atoms with Crippen molar-refractivity contribution in [2.24, 2.45) is 0 Å². The number of amides is 1. The second-order valence-corrected chi connectivity index (χ2v) is 4.81. The molecule has 1 amide bonds. The number of rotatable bonds is 3. The molecule has 1 N–H and O–H groups in total. The van der Waals surface area contributed by atoms with Crippen molar-refractivity contribution in [1.29, 1.82) is 0 Å². The Balaban J connectivity index is 1.80. The minimum absolute atomic E-state index is 0.0672. The van der Waals surface area contributed by atoms with Crippen LogP contribution >= 0.6 is 23.2 Å². The zero-order chi connectivity index (χ0) is 14.8. The highest BCUT2D eigenvalue weighted by atomic mass is 35.5. The van der Waals surface area contributed by atoms with Gasteiger partial charge in [-0.1, -0.05) is 28.3 Å². The van der Waals surface area contributed by atoms with Gasteiger partial charge < -0.3 is 8.83 Å². The zero-order valence-electron chi connectivity index (χ0n) is 10.3. The average Bonchev–Trinajstić information content (AvgIpc) is 3.11. The molecule has 0 saturated carbocycles. The molecular formula is C13H7Cl2N3O3. The summed E-state index contributed by atoms with van der Waals surface area (Å²) in [6.45, 7) is 0. The van der Waals surface area contributed by atoms with E-state index in [2.05, 4.69) is 15.5 Å². The van der Waals surface area contributed by atoms with E-state index < -0.39 is 5.91 Å². The number of nitrogens with one attached hydrogen (secondary N) is 1. The van der Waals surface area contributed by atoms with Gasteiger partial charge in [-0.3, -0.25) is 10.1 Å². The van der Waals surface area contributed by atoms with Crippen LogP contribution in [0.3, 0.4) is 0 Å². The Morgan fingerprint density at radius 2 is 2.05 bits per heavy atom. The highest BCUT2D eigenvalue weighted by Crippen LogP contribution is 2.23. The molecule has 0 fully saturated rings. The van der Waals surface area contributed by atoms with Crippen LogP contribution in [-0.4, -0.2) is 16.1 Å². The van der Waals surface area contributed by atoms with Gasteiger partial charge in [0.1, 0.15) is 0 Å². The average molecular weight is 324 g/mol. The minimum Gasteiger partial charge on any atom is -0.459 e. The number of hydrogen-bond donors (Lipinski definition) is 1. The maximum Gasteiger partial charge on any atom is 0.322 e. The lowest BCUT2D eigenvalue weighted by molar-refractivity contribution is 0.102. The molecular weight excluding hydrogens is 317 g/mol. The molecule has 0 atom stereocenters. The molecule has 0 bridgehead atoms. The van der Waals surface area contributed by atoms with Crippen molar-refractivity contribution in [3.8, 4) is 11.7 Å². The first-order chi connectivity index (χ1) is 10.1. The third kappa shape index (κ3) is 2.91. The van der Waals surface area contributed by atoms with Crippen molar-refractivity contribution in [1.82, 2.24) is 10.2 Å². The van der Waals surface area contributed by atoms with Crippen LogP contribution in [0.4, 0.5) is 6.01 Å². The van der Waals surface area contributed by atoms with Crippen LogP contribution in [0, 0.1) is 0 Å². The Morgan fingerprint density at radius 3 is 2.81 bits per heavy atom. The summed E-state index contributed by atoms with van der Waals surface area (Å²) in [6, 6.07) is 7.84. The maximum absolute atomic E-state index is 12.1.